The van der Waals surface area contributed by atoms with Gasteiger partial charge in [0, 0.05) is 32.0 Å². The largest absolute Gasteiger partial charge is 0.464 e. The monoisotopic (exact) mass is 455 g/mol. The van der Waals surface area contributed by atoms with Crippen molar-refractivity contribution in [2.45, 2.75) is 57.3 Å². The number of likely N-dealkylation sites (tertiary alicyclic amines) is 1. The van der Waals surface area contributed by atoms with Crippen molar-refractivity contribution >= 4 is 18.0 Å². The second kappa shape index (κ2) is 9.55. The highest BCUT2D eigenvalue weighted by molar-refractivity contribution is 5.93. The van der Waals surface area contributed by atoms with Crippen molar-refractivity contribution < 1.29 is 23.9 Å². The van der Waals surface area contributed by atoms with Gasteiger partial charge in [-0.3, -0.25) is 9.69 Å². The Labute approximate surface area is 194 Å². The SMILES string of the molecule is C=C[C@@H]1C[C@]1(NC(=O)[C@@H]1C[C@@H](OC(=O)N2CCc3ccccc3C2)CN1CC)C(=O)OCC. The van der Waals surface area contributed by atoms with E-state index in [0.717, 1.165) is 12.0 Å². The molecule has 0 radical (unpaired) electrons. The van der Waals surface area contributed by atoms with Crippen LogP contribution in [0.15, 0.2) is 36.9 Å². The summed E-state index contributed by atoms with van der Waals surface area (Å²) in [7, 11) is 0. The number of hydrogen-bond acceptors (Lipinski definition) is 6. The lowest BCUT2D eigenvalue weighted by Gasteiger charge is -2.29. The number of carbonyl (C=O) groups excluding carboxylic acids is 3. The molecule has 2 amide bonds. The molecule has 0 aromatic heterocycles. The Hall–Kier alpha value is -2.87. The molecule has 3 aliphatic rings. The highest BCUT2D eigenvalue weighted by Crippen LogP contribution is 2.45. The lowest BCUT2D eigenvalue weighted by atomic mass is 10.0. The second-order valence-electron chi connectivity index (χ2n) is 9.01. The van der Waals surface area contributed by atoms with E-state index in [-0.39, 0.29) is 30.6 Å². The average molecular weight is 456 g/mol. The van der Waals surface area contributed by atoms with Gasteiger partial charge in [0.1, 0.15) is 11.6 Å². The Morgan fingerprint density at radius 1 is 1.24 bits per heavy atom. The summed E-state index contributed by atoms with van der Waals surface area (Å²) in [6, 6.07) is 7.66. The van der Waals surface area contributed by atoms with E-state index >= 15 is 0 Å². The van der Waals surface area contributed by atoms with Gasteiger partial charge >= 0.3 is 12.1 Å². The molecule has 8 nitrogen and oxygen atoms in total. The molecule has 2 heterocycles. The van der Waals surface area contributed by atoms with Gasteiger partial charge in [-0.15, -0.1) is 6.58 Å². The van der Waals surface area contributed by atoms with Crippen LogP contribution in [0.2, 0.25) is 0 Å². The maximum atomic E-state index is 13.2. The Morgan fingerprint density at radius 2 is 2.00 bits per heavy atom. The zero-order valence-electron chi connectivity index (χ0n) is 19.4. The highest BCUT2D eigenvalue weighted by atomic mass is 16.6. The molecule has 1 aromatic rings. The molecule has 2 fully saturated rings. The molecule has 1 saturated heterocycles. The third-order valence-corrected chi connectivity index (χ3v) is 7.02. The lowest BCUT2D eigenvalue weighted by molar-refractivity contribution is -0.149. The summed E-state index contributed by atoms with van der Waals surface area (Å²) >= 11 is 0. The summed E-state index contributed by atoms with van der Waals surface area (Å²) in [5.74, 6) is -0.787. The van der Waals surface area contributed by atoms with Crippen molar-refractivity contribution in [2.75, 3.05) is 26.2 Å². The van der Waals surface area contributed by atoms with Crippen LogP contribution in [0.4, 0.5) is 4.79 Å². The van der Waals surface area contributed by atoms with Crippen LogP contribution in [0.3, 0.4) is 0 Å². The van der Waals surface area contributed by atoms with Crippen LogP contribution in [0.5, 0.6) is 0 Å². The molecule has 1 aliphatic carbocycles. The number of esters is 1. The third kappa shape index (κ3) is 4.62. The molecule has 0 unspecified atom stereocenters. The van der Waals surface area contributed by atoms with E-state index in [4.69, 9.17) is 9.47 Å². The quantitative estimate of drug-likeness (QED) is 0.501. The van der Waals surface area contributed by atoms with E-state index < -0.39 is 17.6 Å². The van der Waals surface area contributed by atoms with E-state index in [1.165, 1.54) is 5.56 Å². The van der Waals surface area contributed by atoms with E-state index in [9.17, 15) is 14.4 Å². The van der Waals surface area contributed by atoms with E-state index in [1.54, 1.807) is 17.9 Å². The number of fused-ring (bicyclic) bond motifs is 1. The number of ether oxygens (including phenoxy) is 2. The molecule has 4 rings (SSSR count). The topological polar surface area (TPSA) is 88.2 Å². The first kappa shape index (κ1) is 23.3. The number of carbonyl (C=O) groups is 3. The molecule has 1 aromatic carbocycles. The van der Waals surface area contributed by atoms with Crippen LogP contribution in [0.1, 0.15) is 37.8 Å². The maximum absolute atomic E-state index is 13.2. The molecular formula is C25H33N3O5. The smallest absolute Gasteiger partial charge is 0.410 e. The van der Waals surface area contributed by atoms with Crippen molar-refractivity contribution in [1.82, 2.24) is 15.1 Å². The van der Waals surface area contributed by atoms with E-state index in [1.807, 2.05) is 30.0 Å². The number of rotatable bonds is 7. The Balaban J connectivity index is 1.36. The molecule has 0 bridgehead atoms. The molecular weight excluding hydrogens is 422 g/mol. The minimum atomic E-state index is -1.02. The summed E-state index contributed by atoms with van der Waals surface area (Å²) < 4.78 is 11.0. The van der Waals surface area contributed by atoms with Crippen LogP contribution >= 0.6 is 0 Å². The molecule has 8 heteroatoms. The normalized spacial score (nSPS) is 28.5. The zero-order chi connectivity index (χ0) is 23.6. The molecule has 0 spiro atoms. The number of nitrogens with one attached hydrogen (secondary N) is 1. The van der Waals surface area contributed by atoms with Crippen molar-refractivity contribution in [2.24, 2.45) is 5.92 Å². The summed E-state index contributed by atoms with van der Waals surface area (Å²) in [5.41, 5.74) is 1.39. The first-order valence-corrected chi connectivity index (χ1v) is 11.8. The number of nitrogens with zero attached hydrogens (tertiary/aromatic N) is 2. The summed E-state index contributed by atoms with van der Waals surface area (Å²) in [5, 5.41) is 2.93. The number of amides is 2. The van der Waals surface area contributed by atoms with Gasteiger partial charge in [0.2, 0.25) is 5.91 Å². The fourth-order valence-electron chi connectivity index (χ4n) is 5.00. The molecule has 178 valence electrons. The summed E-state index contributed by atoms with van der Waals surface area (Å²) in [6.07, 6.45) is 2.66. The van der Waals surface area contributed by atoms with Crippen LogP contribution in [0, 0.1) is 5.92 Å². The van der Waals surface area contributed by atoms with Gasteiger partial charge in [-0.25, -0.2) is 9.59 Å². The Morgan fingerprint density at radius 3 is 2.67 bits per heavy atom. The number of likely N-dealkylation sites (N-methyl/N-ethyl adjacent to an activating group) is 1. The first-order valence-electron chi connectivity index (χ1n) is 11.8. The van der Waals surface area contributed by atoms with Gasteiger partial charge in [0.25, 0.3) is 0 Å². The van der Waals surface area contributed by atoms with E-state index in [0.29, 0.717) is 39.0 Å². The fourth-order valence-corrected chi connectivity index (χ4v) is 5.00. The average Bonchev–Trinajstić information content (AvgIpc) is 3.39. The minimum absolute atomic E-state index is 0.132. The lowest BCUT2D eigenvalue weighted by Crippen LogP contribution is -2.52. The molecule has 1 saturated carbocycles. The van der Waals surface area contributed by atoms with Gasteiger partial charge in [0.05, 0.1) is 12.6 Å². The molecule has 4 atom stereocenters. The molecule has 1 N–H and O–H groups in total. The van der Waals surface area contributed by atoms with Gasteiger partial charge in [-0.1, -0.05) is 37.3 Å². The second-order valence-corrected chi connectivity index (χ2v) is 9.01. The van der Waals surface area contributed by atoms with E-state index in [2.05, 4.69) is 18.0 Å². The van der Waals surface area contributed by atoms with Crippen LogP contribution < -0.4 is 5.32 Å². The number of benzene rings is 1. The maximum Gasteiger partial charge on any atom is 0.410 e. The standard InChI is InChI=1S/C25H33N3O5/c1-4-19-14-25(19,23(30)32-6-3)26-22(29)21-13-20(16-27(21)5-2)33-24(31)28-12-11-17-9-7-8-10-18(17)15-28/h4,7-10,19-21H,1,5-6,11-16H2,2-3H3,(H,26,29)/t19-,20-,21+,25-/m1/s1. The van der Waals surface area contributed by atoms with Gasteiger partial charge in [-0.2, -0.15) is 0 Å². The predicted molar refractivity (Wildman–Crippen MR) is 122 cm³/mol. The number of hydrogen-bond donors (Lipinski definition) is 1. The van der Waals surface area contributed by atoms with Crippen molar-refractivity contribution in [3.8, 4) is 0 Å². The highest BCUT2D eigenvalue weighted by Gasteiger charge is 2.61. The summed E-state index contributed by atoms with van der Waals surface area (Å²) in [4.78, 5) is 42.2. The zero-order valence-corrected chi connectivity index (χ0v) is 19.4. The van der Waals surface area contributed by atoms with Gasteiger partial charge in [-0.05, 0) is 37.4 Å². The minimum Gasteiger partial charge on any atom is -0.464 e. The van der Waals surface area contributed by atoms with Gasteiger partial charge < -0.3 is 19.7 Å². The van der Waals surface area contributed by atoms with Crippen molar-refractivity contribution in [3.63, 3.8) is 0 Å². The van der Waals surface area contributed by atoms with Gasteiger partial charge in [0.15, 0.2) is 0 Å². The van der Waals surface area contributed by atoms with Crippen LogP contribution in [-0.4, -0.2) is 71.7 Å². The van der Waals surface area contributed by atoms with Crippen molar-refractivity contribution in [1.29, 1.82) is 0 Å². The predicted octanol–water partition coefficient (Wildman–Crippen LogP) is 2.27. The first-order chi connectivity index (χ1) is 15.9. The van der Waals surface area contributed by atoms with Crippen LogP contribution in [-0.2, 0) is 32.0 Å². The van der Waals surface area contributed by atoms with Crippen LogP contribution in [0.25, 0.3) is 0 Å². The summed E-state index contributed by atoms with van der Waals surface area (Å²) in [6.45, 7) is 10.0. The van der Waals surface area contributed by atoms with Crippen molar-refractivity contribution in [3.05, 3.63) is 48.0 Å². The Bertz CT molecular complexity index is 934. The third-order valence-electron chi connectivity index (χ3n) is 7.02. The fraction of sp³-hybridized carbons (Fsp3) is 0.560. The Kier molecular flexibility index (Phi) is 6.74. The molecule has 2 aliphatic heterocycles. The molecule has 33 heavy (non-hydrogen) atoms.